The van der Waals surface area contributed by atoms with Crippen LogP contribution < -0.4 is 10.3 Å². The molecule has 0 unspecified atom stereocenters. The Morgan fingerprint density at radius 2 is 2.03 bits per heavy atom. The van der Waals surface area contributed by atoms with Gasteiger partial charge in [-0.25, -0.2) is 4.98 Å². The molecular formula is C26H20BrIN4O2. The molecule has 0 aliphatic rings. The van der Waals surface area contributed by atoms with E-state index in [1.54, 1.807) is 18.3 Å². The molecular weight excluding hydrogens is 607 g/mol. The summed E-state index contributed by atoms with van der Waals surface area (Å²) in [5.74, 6) is 1.34. The van der Waals surface area contributed by atoms with E-state index in [0.717, 1.165) is 25.6 Å². The third-order valence-corrected chi connectivity index (χ3v) is 6.48. The third kappa shape index (κ3) is 5.37. The Balaban J connectivity index is 1.60. The first-order chi connectivity index (χ1) is 16.5. The summed E-state index contributed by atoms with van der Waals surface area (Å²) in [5.41, 5.74) is 2.74. The lowest BCUT2D eigenvalue weighted by atomic mass is 10.1. The smallest absolute Gasteiger partial charge is 0.282 e. The van der Waals surface area contributed by atoms with Gasteiger partial charge in [0.15, 0.2) is 0 Å². The van der Waals surface area contributed by atoms with Gasteiger partial charge in [0, 0.05) is 16.5 Å². The molecule has 0 atom stereocenters. The molecule has 8 heteroatoms. The predicted octanol–water partition coefficient (Wildman–Crippen LogP) is 6.05. The minimum absolute atomic E-state index is 0.197. The summed E-state index contributed by atoms with van der Waals surface area (Å²) in [5, 5.41) is 14.3. The van der Waals surface area contributed by atoms with E-state index in [9.17, 15) is 10.1 Å². The first-order valence-corrected chi connectivity index (χ1v) is 12.5. The molecule has 0 N–H and O–H groups in total. The molecule has 0 fully saturated rings. The Bertz CT molecular complexity index is 1490. The number of fused-ring (bicyclic) bond motifs is 1. The fourth-order valence-corrected chi connectivity index (χ4v) is 4.51. The normalized spacial score (nSPS) is 11.1. The van der Waals surface area contributed by atoms with Gasteiger partial charge in [-0.3, -0.25) is 4.79 Å². The number of hydrogen-bond acceptors (Lipinski definition) is 5. The molecule has 34 heavy (non-hydrogen) atoms. The predicted molar refractivity (Wildman–Crippen MR) is 145 cm³/mol. The Hall–Kier alpha value is -3.03. The van der Waals surface area contributed by atoms with Crippen LogP contribution in [0.25, 0.3) is 10.9 Å². The van der Waals surface area contributed by atoms with E-state index in [0.29, 0.717) is 41.1 Å². The average molecular weight is 627 g/mol. The van der Waals surface area contributed by atoms with Crippen LogP contribution in [0.5, 0.6) is 5.75 Å². The van der Waals surface area contributed by atoms with Gasteiger partial charge in [-0.1, -0.05) is 41.1 Å². The van der Waals surface area contributed by atoms with Gasteiger partial charge in [-0.15, -0.1) is 0 Å². The highest BCUT2D eigenvalue weighted by molar-refractivity contribution is 14.1. The second kappa shape index (κ2) is 10.9. The first kappa shape index (κ1) is 24.1. The number of halogens is 2. The van der Waals surface area contributed by atoms with Crippen molar-refractivity contribution in [2.24, 2.45) is 5.10 Å². The molecule has 170 valence electrons. The number of nitrogens with zero attached hydrogens (tertiary/aromatic N) is 4. The molecule has 6 nitrogen and oxygen atoms in total. The van der Waals surface area contributed by atoms with Crippen molar-refractivity contribution >= 4 is 55.6 Å². The molecule has 1 heterocycles. The summed E-state index contributed by atoms with van der Waals surface area (Å²) >= 11 is 5.63. The number of aromatic nitrogens is 2. The number of ether oxygens (including phenoxy) is 1. The average Bonchev–Trinajstić information content (AvgIpc) is 2.84. The van der Waals surface area contributed by atoms with Crippen molar-refractivity contribution in [1.29, 1.82) is 5.26 Å². The molecule has 0 radical (unpaired) electrons. The Morgan fingerprint density at radius 1 is 1.21 bits per heavy atom. The SMILES string of the molecule is CCCc1nc2ccc(Br)cc2c(=O)n1N=Cc1ccc(OCc2ccccc2C#N)c(I)c1. The third-order valence-electron chi connectivity index (χ3n) is 5.15. The van der Waals surface area contributed by atoms with Crippen LogP contribution in [0.15, 0.2) is 75.0 Å². The largest absolute Gasteiger partial charge is 0.488 e. The fourth-order valence-electron chi connectivity index (χ4n) is 3.45. The fraction of sp³-hybridized carbons (Fsp3) is 0.154. The molecule has 0 spiro atoms. The van der Waals surface area contributed by atoms with Gasteiger partial charge in [0.2, 0.25) is 0 Å². The minimum atomic E-state index is -0.197. The molecule has 4 aromatic rings. The summed E-state index contributed by atoms with van der Waals surface area (Å²) in [6, 6.07) is 20.7. The zero-order valence-electron chi connectivity index (χ0n) is 18.3. The summed E-state index contributed by atoms with van der Waals surface area (Å²) in [7, 11) is 0. The highest BCUT2D eigenvalue weighted by Gasteiger charge is 2.11. The van der Waals surface area contributed by atoms with Gasteiger partial charge in [0.25, 0.3) is 5.56 Å². The van der Waals surface area contributed by atoms with Crippen molar-refractivity contribution in [3.05, 3.63) is 102 Å². The second-order valence-corrected chi connectivity index (χ2v) is 9.63. The van der Waals surface area contributed by atoms with Crippen LogP contribution >= 0.6 is 38.5 Å². The molecule has 0 bridgehead atoms. The van der Waals surface area contributed by atoms with Crippen molar-refractivity contribution in [3.63, 3.8) is 0 Å². The molecule has 0 aliphatic heterocycles. The lowest BCUT2D eigenvalue weighted by Gasteiger charge is -2.10. The quantitative estimate of drug-likeness (QED) is 0.185. The van der Waals surface area contributed by atoms with E-state index in [4.69, 9.17) is 4.74 Å². The topological polar surface area (TPSA) is 80.3 Å². The second-order valence-electron chi connectivity index (χ2n) is 7.55. The zero-order chi connectivity index (χ0) is 24.1. The minimum Gasteiger partial charge on any atom is -0.488 e. The molecule has 0 amide bonds. The monoisotopic (exact) mass is 626 g/mol. The molecule has 1 aromatic heterocycles. The van der Waals surface area contributed by atoms with Crippen LogP contribution in [0.4, 0.5) is 0 Å². The van der Waals surface area contributed by atoms with E-state index in [1.165, 1.54) is 4.68 Å². The summed E-state index contributed by atoms with van der Waals surface area (Å²) < 4.78 is 9.04. The summed E-state index contributed by atoms with van der Waals surface area (Å²) in [6.07, 6.45) is 3.15. The van der Waals surface area contributed by atoms with Crippen LogP contribution in [0.3, 0.4) is 0 Å². The Kier molecular flexibility index (Phi) is 7.75. The molecule has 0 saturated heterocycles. The highest BCUT2D eigenvalue weighted by Crippen LogP contribution is 2.23. The lowest BCUT2D eigenvalue weighted by molar-refractivity contribution is 0.303. The number of nitriles is 1. The maximum Gasteiger partial charge on any atom is 0.282 e. The maximum absolute atomic E-state index is 13.1. The Labute approximate surface area is 219 Å². The Morgan fingerprint density at radius 3 is 2.79 bits per heavy atom. The number of hydrogen-bond donors (Lipinski definition) is 0. The van der Waals surface area contributed by atoms with Crippen LogP contribution in [0, 0.1) is 14.9 Å². The number of benzene rings is 3. The van der Waals surface area contributed by atoms with Crippen molar-refractivity contribution in [1.82, 2.24) is 9.66 Å². The summed E-state index contributed by atoms with van der Waals surface area (Å²) in [6.45, 7) is 2.35. The van der Waals surface area contributed by atoms with Crippen LogP contribution in [0.1, 0.15) is 35.9 Å². The zero-order valence-corrected chi connectivity index (χ0v) is 22.1. The van der Waals surface area contributed by atoms with Gasteiger partial charge < -0.3 is 4.74 Å². The van der Waals surface area contributed by atoms with Crippen molar-refractivity contribution < 1.29 is 4.74 Å². The van der Waals surface area contributed by atoms with Gasteiger partial charge >= 0.3 is 0 Å². The van der Waals surface area contributed by atoms with E-state index < -0.39 is 0 Å². The standard InChI is InChI=1S/C26H20BrIN4O2/c1-2-5-25-31-23-10-9-20(27)13-21(23)26(33)32(25)30-15-17-8-11-24(22(28)12-17)34-16-19-7-4-3-6-18(19)14-29/h3-4,6-13,15H,2,5,16H2,1H3. The van der Waals surface area contributed by atoms with E-state index in [2.05, 4.69) is 54.7 Å². The maximum atomic E-state index is 13.1. The van der Waals surface area contributed by atoms with Crippen molar-refractivity contribution in [2.45, 2.75) is 26.4 Å². The van der Waals surface area contributed by atoms with Gasteiger partial charge in [-0.2, -0.15) is 15.0 Å². The highest BCUT2D eigenvalue weighted by atomic mass is 127. The lowest BCUT2D eigenvalue weighted by Crippen LogP contribution is -2.22. The van der Waals surface area contributed by atoms with Gasteiger partial charge in [-0.05, 0) is 77.0 Å². The molecule has 3 aromatic carbocycles. The van der Waals surface area contributed by atoms with E-state index >= 15 is 0 Å². The van der Waals surface area contributed by atoms with Crippen molar-refractivity contribution in [2.75, 3.05) is 0 Å². The molecule has 0 aliphatic carbocycles. The van der Waals surface area contributed by atoms with Crippen LogP contribution in [-0.2, 0) is 13.0 Å². The number of rotatable bonds is 7. The van der Waals surface area contributed by atoms with Crippen molar-refractivity contribution in [3.8, 4) is 11.8 Å². The van der Waals surface area contributed by atoms with Crippen LogP contribution in [-0.4, -0.2) is 15.9 Å². The first-order valence-electron chi connectivity index (χ1n) is 10.7. The van der Waals surface area contributed by atoms with Crippen LogP contribution in [0.2, 0.25) is 0 Å². The molecule has 4 rings (SSSR count). The van der Waals surface area contributed by atoms with Gasteiger partial charge in [0.1, 0.15) is 18.2 Å². The number of aryl methyl sites for hydroxylation is 1. The van der Waals surface area contributed by atoms with Gasteiger partial charge in [0.05, 0.1) is 32.3 Å². The van der Waals surface area contributed by atoms with E-state index in [1.807, 2.05) is 55.5 Å². The summed E-state index contributed by atoms with van der Waals surface area (Å²) in [4.78, 5) is 17.8. The van der Waals surface area contributed by atoms with E-state index in [-0.39, 0.29) is 5.56 Å². The molecule has 0 saturated carbocycles.